The second-order valence-corrected chi connectivity index (χ2v) is 10.5. The molecule has 3 amide bonds. The topological polar surface area (TPSA) is 87.7 Å². The minimum Gasteiger partial charge on any atom is -0.444 e. The van der Waals surface area contributed by atoms with Crippen LogP contribution in [-0.4, -0.2) is 41.5 Å². The van der Waals surface area contributed by atoms with Crippen LogP contribution >= 0.6 is 0 Å². The molecule has 7 nitrogen and oxygen atoms in total. The zero-order valence-corrected chi connectivity index (χ0v) is 23.4. The lowest BCUT2D eigenvalue weighted by Gasteiger charge is -2.33. The highest BCUT2D eigenvalue weighted by Gasteiger charge is 2.33. The number of anilines is 1. The Morgan fingerprint density at radius 2 is 1.51 bits per heavy atom. The Labute approximate surface area is 222 Å². The molecular formula is C30H43N3O4. The summed E-state index contributed by atoms with van der Waals surface area (Å²) in [6.07, 6.45) is 3.13. The molecule has 0 heterocycles. The number of nitrogens with one attached hydrogen (secondary N) is 2. The summed E-state index contributed by atoms with van der Waals surface area (Å²) in [5.74, 6) is -0.622. The Morgan fingerprint density at radius 3 is 2.11 bits per heavy atom. The summed E-state index contributed by atoms with van der Waals surface area (Å²) in [6.45, 7) is 13.4. The van der Waals surface area contributed by atoms with E-state index in [9.17, 15) is 14.4 Å². The predicted molar refractivity (Wildman–Crippen MR) is 149 cm³/mol. The van der Waals surface area contributed by atoms with E-state index in [0.29, 0.717) is 12.2 Å². The molecule has 0 spiro atoms. The van der Waals surface area contributed by atoms with E-state index in [1.54, 1.807) is 25.7 Å². The van der Waals surface area contributed by atoms with E-state index in [2.05, 4.69) is 17.6 Å². The van der Waals surface area contributed by atoms with Crippen LogP contribution in [0.15, 0.2) is 42.5 Å². The highest BCUT2D eigenvalue weighted by atomic mass is 16.6. The van der Waals surface area contributed by atoms with Gasteiger partial charge in [-0.05, 0) is 76.3 Å². The average Bonchev–Trinajstić information content (AvgIpc) is 2.81. The Hall–Kier alpha value is -3.35. The quantitative estimate of drug-likeness (QED) is 0.352. The number of nitrogens with zero attached hydrogens (tertiary/aromatic N) is 1. The largest absolute Gasteiger partial charge is 0.444 e. The van der Waals surface area contributed by atoms with Gasteiger partial charge in [-0.3, -0.25) is 9.59 Å². The summed E-state index contributed by atoms with van der Waals surface area (Å²) in [5, 5.41) is 5.62. The van der Waals surface area contributed by atoms with Crippen LogP contribution in [0.5, 0.6) is 0 Å². The van der Waals surface area contributed by atoms with Crippen molar-refractivity contribution in [1.29, 1.82) is 0 Å². The summed E-state index contributed by atoms with van der Waals surface area (Å²) >= 11 is 0. The maximum absolute atomic E-state index is 13.9. The monoisotopic (exact) mass is 509 g/mol. The van der Waals surface area contributed by atoms with Gasteiger partial charge in [0.25, 0.3) is 5.91 Å². The molecule has 2 rings (SSSR count). The lowest BCUT2D eigenvalue weighted by Crippen LogP contribution is -2.47. The lowest BCUT2D eigenvalue weighted by atomic mass is 9.93. The molecule has 0 radical (unpaired) electrons. The van der Waals surface area contributed by atoms with Gasteiger partial charge in [-0.1, -0.05) is 62.6 Å². The number of amides is 3. The summed E-state index contributed by atoms with van der Waals surface area (Å²) < 4.78 is 5.30. The zero-order valence-electron chi connectivity index (χ0n) is 23.4. The first-order valence-corrected chi connectivity index (χ1v) is 13.1. The summed E-state index contributed by atoms with van der Waals surface area (Å²) in [6, 6.07) is 12.6. The van der Waals surface area contributed by atoms with Crippen LogP contribution in [0.3, 0.4) is 0 Å². The maximum atomic E-state index is 13.9. The van der Waals surface area contributed by atoms with E-state index < -0.39 is 17.7 Å². The third-order valence-electron chi connectivity index (χ3n) is 6.13. The first-order valence-electron chi connectivity index (χ1n) is 13.1. The highest BCUT2D eigenvalue weighted by molar-refractivity contribution is 5.99. The zero-order chi connectivity index (χ0) is 27.6. The van der Waals surface area contributed by atoms with Gasteiger partial charge >= 0.3 is 6.09 Å². The fraction of sp³-hybridized carbons (Fsp3) is 0.500. The highest BCUT2D eigenvalue weighted by Crippen LogP contribution is 2.30. The number of ether oxygens (including phenoxy) is 1. The minimum absolute atomic E-state index is 0.262. The number of carbonyl (C=O) groups excluding carboxylic acids is 3. The Morgan fingerprint density at radius 1 is 0.892 bits per heavy atom. The fourth-order valence-corrected chi connectivity index (χ4v) is 4.27. The van der Waals surface area contributed by atoms with Gasteiger partial charge in [0.15, 0.2) is 0 Å². The first-order chi connectivity index (χ1) is 17.4. The number of aryl methyl sites for hydroxylation is 3. The van der Waals surface area contributed by atoms with Gasteiger partial charge in [0.2, 0.25) is 5.91 Å². The molecule has 1 atom stereocenters. The van der Waals surface area contributed by atoms with Crippen molar-refractivity contribution in [2.75, 3.05) is 18.4 Å². The van der Waals surface area contributed by atoms with Crippen LogP contribution in [0.2, 0.25) is 0 Å². The molecule has 0 saturated heterocycles. The van der Waals surface area contributed by atoms with Gasteiger partial charge in [-0.15, -0.1) is 0 Å². The molecule has 2 aromatic rings. The maximum Gasteiger partial charge on any atom is 0.408 e. The molecule has 202 valence electrons. The molecule has 0 aliphatic carbocycles. The van der Waals surface area contributed by atoms with Gasteiger partial charge < -0.3 is 20.3 Å². The molecule has 2 aromatic carbocycles. The van der Waals surface area contributed by atoms with Gasteiger partial charge in [-0.2, -0.15) is 0 Å². The number of alkyl carbamates (subject to hydrolysis) is 1. The van der Waals surface area contributed by atoms with E-state index in [-0.39, 0.29) is 18.4 Å². The third-order valence-corrected chi connectivity index (χ3v) is 6.13. The molecule has 7 heteroatoms. The number of rotatable bonds is 11. The molecular weight excluding hydrogens is 466 g/mol. The lowest BCUT2D eigenvalue weighted by molar-refractivity contribution is -0.138. The van der Waals surface area contributed by atoms with Crippen LogP contribution in [0.25, 0.3) is 0 Å². The normalized spacial score (nSPS) is 12.0. The predicted octanol–water partition coefficient (Wildman–Crippen LogP) is 6.23. The number of carbonyl (C=O) groups is 3. The number of unbranched alkanes of at least 4 members (excludes halogenated alkanes) is 3. The molecule has 0 aliphatic heterocycles. The second kappa shape index (κ2) is 13.8. The van der Waals surface area contributed by atoms with E-state index >= 15 is 0 Å². The average molecular weight is 510 g/mol. The molecule has 0 fully saturated rings. The van der Waals surface area contributed by atoms with Crippen LogP contribution in [-0.2, 0) is 14.3 Å². The van der Waals surface area contributed by atoms with Crippen molar-refractivity contribution in [3.8, 4) is 0 Å². The Kier molecular flexibility index (Phi) is 11.2. The molecule has 2 N–H and O–H groups in total. The van der Waals surface area contributed by atoms with Crippen LogP contribution < -0.4 is 10.6 Å². The van der Waals surface area contributed by atoms with Gasteiger partial charge in [-0.25, -0.2) is 4.79 Å². The van der Waals surface area contributed by atoms with Crippen molar-refractivity contribution in [3.63, 3.8) is 0 Å². The van der Waals surface area contributed by atoms with E-state index in [4.69, 9.17) is 4.74 Å². The number of benzene rings is 2. The molecule has 0 aliphatic rings. The summed E-state index contributed by atoms with van der Waals surface area (Å²) in [4.78, 5) is 41.4. The van der Waals surface area contributed by atoms with Crippen molar-refractivity contribution in [2.45, 2.75) is 85.8 Å². The number of hydrogen-bond donors (Lipinski definition) is 2. The summed E-state index contributed by atoms with van der Waals surface area (Å²) in [7, 11) is 0. The van der Waals surface area contributed by atoms with Crippen molar-refractivity contribution in [1.82, 2.24) is 10.2 Å². The van der Waals surface area contributed by atoms with Gasteiger partial charge in [0.05, 0.1) is 0 Å². The van der Waals surface area contributed by atoms with Crippen LogP contribution in [0.1, 0.15) is 81.7 Å². The Bertz CT molecular complexity index is 1050. The van der Waals surface area contributed by atoms with Gasteiger partial charge in [0, 0.05) is 12.2 Å². The van der Waals surface area contributed by atoms with Crippen molar-refractivity contribution < 1.29 is 19.1 Å². The molecule has 1 unspecified atom stereocenters. The van der Waals surface area contributed by atoms with Crippen molar-refractivity contribution in [3.05, 3.63) is 64.7 Å². The van der Waals surface area contributed by atoms with Crippen LogP contribution in [0, 0.1) is 20.8 Å². The van der Waals surface area contributed by atoms with Crippen LogP contribution in [0.4, 0.5) is 10.5 Å². The van der Waals surface area contributed by atoms with E-state index in [1.165, 1.54) is 0 Å². The number of para-hydroxylation sites is 1. The van der Waals surface area contributed by atoms with Crippen molar-refractivity contribution >= 4 is 23.6 Å². The standard InChI is InChI=1S/C30H43N3O4/c1-8-9-10-13-19-33(25(34)20-31-29(36)37-30(5,6)7)27(26-22(3)16-14-17-23(26)4)28(35)32-24-18-12-11-15-21(24)2/h11-12,14-18,27H,8-10,13,19-20H2,1-7H3,(H,31,36)(H,32,35). The van der Waals surface area contributed by atoms with Gasteiger partial charge in [0.1, 0.15) is 18.2 Å². The smallest absolute Gasteiger partial charge is 0.408 e. The molecule has 0 saturated carbocycles. The summed E-state index contributed by atoms with van der Waals surface area (Å²) in [5.41, 5.74) is 3.61. The molecule has 37 heavy (non-hydrogen) atoms. The van der Waals surface area contributed by atoms with E-state index in [0.717, 1.165) is 47.9 Å². The van der Waals surface area contributed by atoms with Crippen molar-refractivity contribution in [2.24, 2.45) is 0 Å². The molecule has 0 aromatic heterocycles. The third kappa shape index (κ3) is 9.23. The fourth-order valence-electron chi connectivity index (χ4n) is 4.27. The first kappa shape index (κ1) is 29.9. The minimum atomic E-state index is -0.852. The number of hydrogen-bond acceptors (Lipinski definition) is 4. The van der Waals surface area contributed by atoms with E-state index in [1.807, 2.05) is 63.2 Å². The molecule has 0 bridgehead atoms. The SMILES string of the molecule is CCCCCCN(C(=O)CNC(=O)OC(C)(C)C)C(C(=O)Nc1ccccc1C)c1c(C)cccc1C. The Balaban J connectivity index is 2.44. The second-order valence-electron chi connectivity index (χ2n) is 10.5.